The van der Waals surface area contributed by atoms with Crippen LogP contribution in [0.2, 0.25) is 0 Å². The van der Waals surface area contributed by atoms with Gasteiger partial charge in [-0.15, -0.1) is 12.4 Å². The molecule has 3 atom stereocenters. The molecule has 3 rings (SSSR count). The van der Waals surface area contributed by atoms with E-state index in [9.17, 15) is 20.1 Å². The number of fused-ring (bicyclic) bond motifs is 1. The third-order valence-electron chi connectivity index (χ3n) is 3.52. The maximum atomic E-state index is 11.6. The summed E-state index contributed by atoms with van der Waals surface area (Å²) in [4.78, 5) is 22.6. The van der Waals surface area contributed by atoms with Gasteiger partial charge in [-0.2, -0.15) is 0 Å². The lowest BCUT2D eigenvalue weighted by molar-refractivity contribution is 0.0305. The van der Waals surface area contributed by atoms with Crippen LogP contribution in [0.4, 0.5) is 5.69 Å². The van der Waals surface area contributed by atoms with Gasteiger partial charge in [0, 0.05) is 12.7 Å². The second kappa shape index (κ2) is 5.41. The molecule has 110 valence electrons. The molecular formula is C11H15ClN4O4. The molecule has 0 aromatic carbocycles. The summed E-state index contributed by atoms with van der Waals surface area (Å²) < 4.78 is 0. The predicted octanol–water partition coefficient (Wildman–Crippen LogP) is -1.42. The van der Waals surface area contributed by atoms with Gasteiger partial charge in [-0.25, -0.2) is 4.98 Å². The van der Waals surface area contributed by atoms with Crippen molar-refractivity contribution in [3.05, 3.63) is 22.9 Å². The van der Waals surface area contributed by atoms with Crippen molar-refractivity contribution < 1.29 is 15.3 Å². The van der Waals surface area contributed by atoms with E-state index in [1.165, 1.54) is 6.33 Å². The molecule has 8 nitrogen and oxygen atoms in total. The topological polar surface area (TPSA) is 125 Å². The van der Waals surface area contributed by atoms with Gasteiger partial charge in [-0.3, -0.25) is 4.79 Å². The highest BCUT2D eigenvalue weighted by atomic mass is 35.5. The molecule has 5 N–H and O–H groups in total. The summed E-state index contributed by atoms with van der Waals surface area (Å²) >= 11 is 0. The Hall–Kier alpha value is -1.61. The lowest BCUT2D eigenvalue weighted by Crippen LogP contribution is -2.39. The Balaban J connectivity index is 0.00000147. The molecule has 1 fully saturated rings. The van der Waals surface area contributed by atoms with Crippen molar-refractivity contribution in [3.8, 4) is 0 Å². The highest BCUT2D eigenvalue weighted by molar-refractivity contribution is 5.88. The summed E-state index contributed by atoms with van der Waals surface area (Å²) in [6, 6.07) is -0.616. The van der Waals surface area contributed by atoms with E-state index in [2.05, 4.69) is 15.0 Å². The third-order valence-corrected chi connectivity index (χ3v) is 3.52. The minimum atomic E-state index is -1.03. The van der Waals surface area contributed by atoms with Gasteiger partial charge in [0.15, 0.2) is 0 Å². The molecule has 1 saturated heterocycles. The molecule has 2 aromatic heterocycles. The first-order valence-corrected chi connectivity index (χ1v) is 5.92. The van der Waals surface area contributed by atoms with Gasteiger partial charge in [-0.1, -0.05) is 0 Å². The van der Waals surface area contributed by atoms with Crippen molar-refractivity contribution in [2.24, 2.45) is 0 Å². The molecule has 1 unspecified atom stereocenters. The standard InChI is InChI=1S/C11H14N4O4.ClH/c16-3-6-10(18)7(17)2-15(6)5-1-12-9-8(5)13-4-14-11(9)19;/h1,4,6-7,10,12,16-18H,2-3H2,(H,13,14,19);1H/t6-,7?,10+;/m1./s1. The Morgan fingerprint density at radius 1 is 1.40 bits per heavy atom. The molecule has 0 radical (unpaired) electrons. The van der Waals surface area contributed by atoms with E-state index in [4.69, 9.17) is 0 Å². The zero-order valence-electron chi connectivity index (χ0n) is 10.4. The number of β-amino-alcohol motifs (C(OH)–C–C–N with tert-alkyl or cyclic N) is 1. The molecule has 0 spiro atoms. The summed E-state index contributed by atoms with van der Waals surface area (Å²) in [7, 11) is 0. The number of H-pyrrole nitrogens is 2. The average molecular weight is 303 g/mol. The van der Waals surface area contributed by atoms with Crippen molar-refractivity contribution >= 4 is 29.1 Å². The average Bonchev–Trinajstić information content (AvgIpc) is 2.93. The monoisotopic (exact) mass is 302 g/mol. The van der Waals surface area contributed by atoms with Crippen molar-refractivity contribution in [2.45, 2.75) is 18.2 Å². The second-order valence-electron chi connectivity index (χ2n) is 4.59. The fourth-order valence-corrected chi connectivity index (χ4v) is 2.52. The van der Waals surface area contributed by atoms with Crippen LogP contribution in [0.5, 0.6) is 0 Å². The SMILES string of the molecule is Cl.O=c1[nH]cnc2c(N3CC(O)[C@@H](O)[C@H]3CO)c[nH]c12. The van der Waals surface area contributed by atoms with Gasteiger partial charge in [-0.05, 0) is 0 Å². The van der Waals surface area contributed by atoms with Crippen LogP contribution >= 0.6 is 12.4 Å². The first-order chi connectivity index (χ1) is 9.13. The third kappa shape index (κ3) is 2.06. The van der Waals surface area contributed by atoms with E-state index < -0.39 is 18.2 Å². The molecule has 9 heteroatoms. The first kappa shape index (κ1) is 14.8. The number of nitrogens with one attached hydrogen (secondary N) is 2. The highest BCUT2D eigenvalue weighted by Gasteiger charge is 2.40. The minimum Gasteiger partial charge on any atom is -0.394 e. The number of hydrogen-bond acceptors (Lipinski definition) is 6. The minimum absolute atomic E-state index is 0. The molecule has 0 aliphatic carbocycles. The van der Waals surface area contributed by atoms with Crippen molar-refractivity contribution in [2.75, 3.05) is 18.1 Å². The molecule has 0 saturated carbocycles. The zero-order chi connectivity index (χ0) is 13.6. The lowest BCUT2D eigenvalue weighted by atomic mass is 10.1. The number of hydrogen-bond donors (Lipinski definition) is 5. The number of aromatic amines is 2. The molecule has 0 amide bonds. The molecule has 3 heterocycles. The highest BCUT2D eigenvalue weighted by Crippen LogP contribution is 2.30. The van der Waals surface area contributed by atoms with E-state index in [-0.39, 0.29) is 31.1 Å². The number of anilines is 1. The van der Waals surface area contributed by atoms with Gasteiger partial charge in [0.1, 0.15) is 17.1 Å². The molecule has 1 aliphatic rings. The van der Waals surface area contributed by atoms with Crippen LogP contribution in [-0.4, -0.2) is 61.7 Å². The predicted molar refractivity (Wildman–Crippen MR) is 74.2 cm³/mol. The van der Waals surface area contributed by atoms with Crippen LogP contribution in [0.1, 0.15) is 0 Å². The molecule has 0 bridgehead atoms. The Morgan fingerprint density at radius 2 is 2.15 bits per heavy atom. The van der Waals surface area contributed by atoms with Crippen molar-refractivity contribution in [1.82, 2.24) is 15.0 Å². The number of aromatic nitrogens is 3. The van der Waals surface area contributed by atoms with Crippen LogP contribution in [0.25, 0.3) is 11.0 Å². The van der Waals surface area contributed by atoms with Gasteiger partial charge >= 0.3 is 0 Å². The maximum Gasteiger partial charge on any atom is 0.275 e. The van der Waals surface area contributed by atoms with E-state index >= 15 is 0 Å². The summed E-state index contributed by atoms with van der Waals surface area (Å²) in [5.74, 6) is 0. The summed E-state index contributed by atoms with van der Waals surface area (Å²) in [6.07, 6.45) is 0.903. The lowest BCUT2D eigenvalue weighted by Gasteiger charge is -2.24. The van der Waals surface area contributed by atoms with Crippen LogP contribution in [-0.2, 0) is 0 Å². The Morgan fingerprint density at radius 3 is 2.85 bits per heavy atom. The normalized spacial score (nSPS) is 25.9. The van der Waals surface area contributed by atoms with Gasteiger partial charge < -0.3 is 30.2 Å². The summed E-state index contributed by atoms with van der Waals surface area (Å²) in [6.45, 7) is -0.123. The zero-order valence-corrected chi connectivity index (χ0v) is 11.2. The fraction of sp³-hybridized carbons (Fsp3) is 0.455. The van der Waals surface area contributed by atoms with Gasteiger partial charge in [0.2, 0.25) is 0 Å². The van der Waals surface area contributed by atoms with E-state index in [0.717, 1.165) is 0 Å². The van der Waals surface area contributed by atoms with Crippen LogP contribution in [0, 0.1) is 0 Å². The number of rotatable bonds is 2. The Kier molecular flexibility index (Phi) is 4.00. The Labute approximate surface area is 119 Å². The van der Waals surface area contributed by atoms with Gasteiger partial charge in [0.05, 0.1) is 30.8 Å². The molecule has 20 heavy (non-hydrogen) atoms. The van der Waals surface area contributed by atoms with Crippen molar-refractivity contribution in [3.63, 3.8) is 0 Å². The Bertz CT molecular complexity index is 657. The summed E-state index contributed by atoms with van der Waals surface area (Å²) in [5, 5.41) is 28.8. The molecule has 2 aromatic rings. The largest absolute Gasteiger partial charge is 0.394 e. The van der Waals surface area contributed by atoms with E-state index in [1.54, 1.807) is 11.1 Å². The first-order valence-electron chi connectivity index (χ1n) is 5.92. The second-order valence-corrected chi connectivity index (χ2v) is 4.59. The molecule has 1 aliphatic heterocycles. The smallest absolute Gasteiger partial charge is 0.275 e. The number of nitrogens with zero attached hydrogens (tertiary/aromatic N) is 2. The van der Waals surface area contributed by atoms with Crippen LogP contribution < -0.4 is 10.5 Å². The summed E-state index contributed by atoms with van der Waals surface area (Å²) in [5.41, 5.74) is 1.06. The quantitative estimate of drug-likeness (QED) is 0.463. The maximum absolute atomic E-state index is 11.6. The van der Waals surface area contributed by atoms with E-state index in [1.807, 2.05) is 0 Å². The number of aliphatic hydroxyl groups is 3. The van der Waals surface area contributed by atoms with Crippen LogP contribution in [0.3, 0.4) is 0 Å². The number of halogens is 1. The molecular weight excluding hydrogens is 288 g/mol. The van der Waals surface area contributed by atoms with Crippen molar-refractivity contribution in [1.29, 1.82) is 0 Å². The fourth-order valence-electron chi connectivity index (χ4n) is 2.52. The van der Waals surface area contributed by atoms with Gasteiger partial charge in [0.25, 0.3) is 5.56 Å². The van der Waals surface area contributed by atoms with E-state index in [0.29, 0.717) is 16.7 Å². The number of aliphatic hydroxyl groups excluding tert-OH is 3. The van der Waals surface area contributed by atoms with Crippen LogP contribution in [0.15, 0.2) is 17.3 Å².